The Labute approximate surface area is 128 Å². The van der Waals surface area contributed by atoms with Gasteiger partial charge in [-0.05, 0) is 25.8 Å². The van der Waals surface area contributed by atoms with Gasteiger partial charge >= 0.3 is 0 Å². The maximum atomic E-state index is 5.72. The van der Waals surface area contributed by atoms with Crippen LogP contribution in [0.1, 0.15) is 38.9 Å². The lowest BCUT2D eigenvalue weighted by Gasteiger charge is -2.38. The van der Waals surface area contributed by atoms with E-state index in [4.69, 9.17) is 5.73 Å². The van der Waals surface area contributed by atoms with E-state index >= 15 is 0 Å². The van der Waals surface area contributed by atoms with Gasteiger partial charge in [0, 0.05) is 38.8 Å². The van der Waals surface area contributed by atoms with E-state index in [2.05, 4.69) is 33.7 Å². The van der Waals surface area contributed by atoms with E-state index in [-0.39, 0.29) is 0 Å². The molecule has 1 aromatic rings. The summed E-state index contributed by atoms with van der Waals surface area (Å²) in [6.45, 7) is 11.6. The molecule has 2 rings (SSSR count). The van der Waals surface area contributed by atoms with Crippen LogP contribution in [0, 0.1) is 0 Å². The lowest BCUT2D eigenvalue weighted by molar-refractivity contribution is 0.0848. The van der Waals surface area contributed by atoms with Gasteiger partial charge in [0.25, 0.3) is 0 Å². The van der Waals surface area contributed by atoms with Gasteiger partial charge in [-0.15, -0.1) is 0 Å². The van der Waals surface area contributed by atoms with Gasteiger partial charge in [0.15, 0.2) is 0 Å². The fraction of sp³-hybridized carbons (Fsp3) is 0.867. The van der Waals surface area contributed by atoms with Crippen molar-refractivity contribution in [2.24, 2.45) is 5.73 Å². The minimum absolute atomic E-state index is 0.654. The summed E-state index contributed by atoms with van der Waals surface area (Å²) in [6.07, 6.45) is 5.08. The van der Waals surface area contributed by atoms with E-state index in [1.807, 2.05) is 4.68 Å². The largest absolute Gasteiger partial charge is 0.330 e. The van der Waals surface area contributed by atoms with Crippen molar-refractivity contribution in [2.75, 3.05) is 32.7 Å². The Morgan fingerprint density at radius 2 is 2.00 bits per heavy atom. The average molecular weight is 294 g/mol. The topological polar surface area (TPSA) is 63.2 Å². The molecule has 1 saturated heterocycles. The summed E-state index contributed by atoms with van der Waals surface area (Å²) >= 11 is 0. The summed E-state index contributed by atoms with van der Waals surface area (Å²) in [5.41, 5.74) is 5.72. The van der Waals surface area contributed by atoms with Gasteiger partial charge in [-0.3, -0.25) is 9.80 Å². The van der Waals surface area contributed by atoms with Gasteiger partial charge in [0.2, 0.25) is 0 Å². The lowest BCUT2D eigenvalue weighted by atomic mass is 10.1. The van der Waals surface area contributed by atoms with Crippen LogP contribution in [0.4, 0.5) is 0 Å². The first-order valence-electron chi connectivity index (χ1n) is 8.31. The molecule has 0 aliphatic carbocycles. The van der Waals surface area contributed by atoms with E-state index in [0.29, 0.717) is 6.04 Å². The molecule has 1 fully saturated rings. The van der Waals surface area contributed by atoms with Gasteiger partial charge in [0.05, 0.1) is 6.54 Å². The van der Waals surface area contributed by atoms with Crippen molar-refractivity contribution in [3.8, 4) is 0 Å². The number of rotatable bonds is 8. The Kier molecular flexibility index (Phi) is 6.60. The number of piperazine rings is 1. The third-order valence-electron chi connectivity index (χ3n) is 4.39. The third kappa shape index (κ3) is 4.49. The number of hydrogen-bond donors (Lipinski definition) is 1. The van der Waals surface area contributed by atoms with Crippen molar-refractivity contribution >= 4 is 0 Å². The van der Waals surface area contributed by atoms with Crippen molar-refractivity contribution in [1.29, 1.82) is 0 Å². The summed E-state index contributed by atoms with van der Waals surface area (Å²) < 4.78 is 2.04. The van der Waals surface area contributed by atoms with Gasteiger partial charge < -0.3 is 5.73 Å². The zero-order chi connectivity index (χ0) is 15.1. The van der Waals surface area contributed by atoms with Crippen LogP contribution in [0.15, 0.2) is 6.33 Å². The summed E-state index contributed by atoms with van der Waals surface area (Å²) in [5.74, 6) is 1.10. The Morgan fingerprint density at radius 1 is 1.24 bits per heavy atom. The van der Waals surface area contributed by atoms with Crippen molar-refractivity contribution in [2.45, 2.75) is 52.2 Å². The number of nitrogens with zero attached hydrogens (tertiary/aromatic N) is 5. The number of hydrogen-bond acceptors (Lipinski definition) is 5. The first-order valence-corrected chi connectivity index (χ1v) is 8.31. The predicted molar refractivity (Wildman–Crippen MR) is 84.9 cm³/mol. The molecular formula is C15H30N6. The smallest absolute Gasteiger partial charge is 0.141 e. The molecule has 0 saturated carbocycles. The molecule has 0 amide bonds. The zero-order valence-electron chi connectivity index (χ0n) is 13.5. The molecule has 1 unspecified atom stereocenters. The zero-order valence-corrected chi connectivity index (χ0v) is 13.5. The van der Waals surface area contributed by atoms with Crippen molar-refractivity contribution in [3.63, 3.8) is 0 Å². The van der Waals surface area contributed by atoms with Gasteiger partial charge in [0.1, 0.15) is 12.2 Å². The Morgan fingerprint density at radius 3 is 2.62 bits per heavy atom. The molecule has 2 heterocycles. The standard InChI is InChI=1S/C15H30N6/c1-3-7-21-15(17-13-18-21)12-19-8-10-20(11-9-19)14(4-2)5-6-16/h13-14H,3-12,16H2,1-2H3. The molecule has 0 spiro atoms. The fourth-order valence-corrected chi connectivity index (χ4v) is 3.13. The summed E-state index contributed by atoms with van der Waals surface area (Å²) in [4.78, 5) is 9.49. The average Bonchev–Trinajstić information content (AvgIpc) is 2.93. The van der Waals surface area contributed by atoms with E-state index in [1.165, 1.54) is 6.42 Å². The normalized spacial score (nSPS) is 19.0. The molecular weight excluding hydrogens is 264 g/mol. The maximum absolute atomic E-state index is 5.72. The number of nitrogens with two attached hydrogens (primary N) is 1. The highest BCUT2D eigenvalue weighted by atomic mass is 15.4. The maximum Gasteiger partial charge on any atom is 0.141 e. The van der Waals surface area contributed by atoms with Crippen molar-refractivity contribution in [1.82, 2.24) is 24.6 Å². The second-order valence-corrected chi connectivity index (χ2v) is 5.85. The molecule has 0 aromatic carbocycles. The van der Waals surface area contributed by atoms with Crippen molar-refractivity contribution < 1.29 is 0 Å². The highest BCUT2D eigenvalue weighted by Gasteiger charge is 2.23. The first kappa shape index (κ1) is 16.4. The first-order chi connectivity index (χ1) is 10.3. The molecule has 0 bridgehead atoms. The SMILES string of the molecule is CCCn1ncnc1CN1CCN(C(CC)CCN)CC1. The molecule has 1 aliphatic heterocycles. The number of aromatic nitrogens is 3. The molecule has 120 valence electrons. The highest BCUT2D eigenvalue weighted by Crippen LogP contribution is 2.13. The highest BCUT2D eigenvalue weighted by molar-refractivity contribution is 4.87. The van der Waals surface area contributed by atoms with Crippen LogP contribution in [0.5, 0.6) is 0 Å². The Hall–Kier alpha value is -0.980. The molecule has 1 aliphatic rings. The minimum atomic E-state index is 0.654. The van der Waals surface area contributed by atoms with Crippen LogP contribution in [0.2, 0.25) is 0 Å². The van der Waals surface area contributed by atoms with Gasteiger partial charge in [-0.2, -0.15) is 5.10 Å². The molecule has 21 heavy (non-hydrogen) atoms. The van der Waals surface area contributed by atoms with Crippen LogP contribution in [-0.2, 0) is 13.1 Å². The fourth-order valence-electron chi connectivity index (χ4n) is 3.13. The second kappa shape index (κ2) is 8.46. The predicted octanol–water partition coefficient (Wildman–Crippen LogP) is 0.933. The summed E-state index contributed by atoms with van der Waals surface area (Å²) in [7, 11) is 0. The van der Waals surface area contributed by atoms with Crippen LogP contribution < -0.4 is 5.73 Å². The quantitative estimate of drug-likeness (QED) is 0.773. The molecule has 1 atom stereocenters. The lowest BCUT2D eigenvalue weighted by Crippen LogP contribution is -2.50. The Balaban J connectivity index is 1.82. The Bertz CT molecular complexity index is 397. The van der Waals surface area contributed by atoms with Crippen LogP contribution in [0.3, 0.4) is 0 Å². The minimum Gasteiger partial charge on any atom is -0.330 e. The molecule has 6 heteroatoms. The van der Waals surface area contributed by atoms with Crippen molar-refractivity contribution in [3.05, 3.63) is 12.2 Å². The van der Waals surface area contributed by atoms with E-state index in [9.17, 15) is 0 Å². The molecule has 2 N–H and O–H groups in total. The second-order valence-electron chi connectivity index (χ2n) is 5.85. The molecule has 1 aromatic heterocycles. The van der Waals surface area contributed by atoms with Crippen LogP contribution >= 0.6 is 0 Å². The monoisotopic (exact) mass is 294 g/mol. The van der Waals surface area contributed by atoms with Gasteiger partial charge in [-0.1, -0.05) is 13.8 Å². The van der Waals surface area contributed by atoms with E-state index in [1.54, 1.807) is 6.33 Å². The summed E-state index contributed by atoms with van der Waals surface area (Å²) in [5, 5.41) is 4.31. The van der Waals surface area contributed by atoms with E-state index in [0.717, 1.165) is 64.5 Å². The number of aryl methyl sites for hydroxylation is 1. The molecule has 0 radical (unpaired) electrons. The van der Waals surface area contributed by atoms with E-state index < -0.39 is 0 Å². The summed E-state index contributed by atoms with van der Waals surface area (Å²) in [6, 6.07) is 0.654. The molecule has 6 nitrogen and oxygen atoms in total. The third-order valence-corrected chi connectivity index (χ3v) is 4.39. The van der Waals surface area contributed by atoms with Crippen LogP contribution in [-0.4, -0.2) is 63.3 Å². The van der Waals surface area contributed by atoms with Crippen LogP contribution in [0.25, 0.3) is 0 Å². The van der Waals surface area contributed by atoms with Gasteiger partial charge in [-0.25, -0.2) is 9.67 Å².